The highest BCUT2D eigenvalue weighted by Crippen LogP contribution is 2.42. The van der Waals surface area contributed by atoms with Crippen LogP contribution in [0.25, 0.3) is 10.9 Å². The van der Waals surface area contributed by atoms with E-state index in [1.54, 1.807) is 0 Å². The van der Waals surface area contributed by atoms with Crippen molar-refractivity contribution in [2.24, 2.45) is 5.10 Å². The van der Waals surface area contributed by atoms with E-state index >= 15 is 4.39 Å². The summed E-state index contributed by atoms with van der Waals surface area (Å²) in [6, 6.07) is 10.4. The van der Waals surface area contributed by atoms with Gasteiger partial charge in [-0.15, -0.1) is 0 Å². The summed E-state index contributed by atoms with van der Waals surface area (Å²) in [6.45, 7) is 5.18. The number of nitrogens with zero attached hydrogens (tertiary/aromatic N) is 4. The molecular weight excluding hydrogens is 437 g/mol. The number of likely N-dealkylation sites (N-methyl/N-ethyl adjacent to an activating group) is 1. The van der Waals surface area contributed by atoms with E-state index in [0.29, 0.717) is 36.6 Å². The predicted molar refractivity (Wildman–Crippen MR) is 130 cm³/mol. The highest BCUT2D eigenvalue weighted by Gasteiger charge is 2.31. The van der Waals surface area contributed by atoms with E-state index in [4.69, 9.17) is 4.74 Å². The van der Waals surface area contributed by atoms with Gasteiger partial charge >= 0.3 is 0 Å². The van der Waals surface area contributed by atoms with Gasteiger partial charge in [-0.05, 0) is 25.6 Å². The molecule has 1 saturated heterocycles. The Hall–Kier alpha value is -3.72. The van der Waals surface area contributed by atoms with Gasteiger partial charge in [-0.2, -0.15) is 5.10 Å². The van der Waals surface area contributed by atoms with Gasteiger partial charge < -0.3 is 19.1 Å². The van der Waals surface area contributed by atoms with Gasteiger partial charge in [0.1, 0.15) is 17.9 Å². The van der Waals surface area contributed by atoms with Crippen LogP contribution in [0.2, 0.25) is 0 Å². The van der Waals surface area contributed by atoms with E-state index in [0.717, 1.165) is 18.7 Å². The number of hydrogen-bond acceptors (Lipinski definition) is 6. The molecule has 5 rings (SSSR count). The second-order valence-electron chi connectivity index (χ2n) is 8.77. The van der Waals surface area contributed by atoms with Crippen molar-refractivity contribution in [1.82, 2.24) is 14.9 Å². The highest BCUT2D eigenvalue weighted by atomic mass is 19.1. The number of benzene rings is 2. The van der Waals surface area contributed by atoms with Crippen LogP contribution in [-0.4, -0.2) is 61.4 Å². The Morgan fingerprint density at radius 1 is 1.21 bits per heavy atom. The zero-order valence-corrected chi connectivity index (χ0v) is 19.1. The lowest BCUT2D eigenvalue weighted by Gasteiger charge is -2.37. The van der Waals surface area contributed by atoms with Crippen LogP contribution in [0.5, 0.6) is 5.75 Å². The zero-order chi connectivity index (χ0) is 23.8. The van der Waals surface area contributed by atoms with Crippen LogP contribution in [-0.2, 0) is 0 Å². The fraction of sp³-hybridized carbons (Fsp3) is 0.320. The molecular formula is C25H26FN5O3. The van der Waals surface area contributed by atoms with Crippen LogP contribution in [0.4, 0.5) is 10.1 Å². The van der Waals surface area contributed by atoms with E-state index in [1.807, 2.05) is 53.8 Å². The van der Waals surface area contributed by atoms with Gasteiger partial charge in [0.25, 0.3) is 5.91 Å². The molecule has 9 heteroatoms. The Morgan fingerprint density at radius 2 is 1.94 bits per heavy atom. The number of halogens is 1. The molecule has 2 aliphatic rings. The number of anilines is 1. The SMILES string of the molecule is CC1COc2c(N3CCN(C)CC3)c(F)cc3c(=O)c(C(=O)N/N=C/c4ccccc4)cn1c23. The van der Waals surface area contributed by atoms with Gasteiger partial charge in [0.2, 0.25) is 5.43 Å². The van der Waals surface area contributed by atoms with E-state index < -0.39 is 17.2 Å². The normalized spacial score (nSPS) is 18.3. The highest BCUT2D eigenvalue weighted by molar-refractivity contribution is 6.00. The van der Waals surface area contributed by atoms with Crippen molar-refractivity contribution in [1.29, 1.82) is 0 Å². The van der Waals surface area contributed by atoms with E-state index in [-0.39, 0.29) is 17.0 Å². The number of piperazine rings is 1. The molecule has 0 radical (unpaired) electrons. The molecule has 1 atom stereocenters. The van der Waals surface area contributed by atoms with E-state index in [9.17, 15) is 9.59 Å². The molecule has 34 heavy (non-hydrogen) atoms. The number of amides is 1. The number of carbonyl (C=O) groups is 1. The summed E-state index contributed by atoms with van der Waals surface area (Å²) < 4.78 is 23.2. The van der Waals surface area contributed by atoms with Crippen molar-refractivity contribution < 1.29 is 13.9 Å². The Balaban J connectivity index is 1.56. The Labute approximate surface area is 196 Å². The monoisotopic (exact) mass is 463 g/mol. The third kappa shape index (κ3) is 3.92. The van der Waals surface area contributed by atoms with Crippen molar-refractivity contribution in [2.75, 3.05) is 44.7 Å². The first kappa shape index (κ1) is 22.1. The number of hydrogen-bond donors (Lipinski definition) is 1. The average Bonchev–Trinajstić information content (AvgIpc) is 2.84. The average molecular weight is 464 g/mol. The summed E-state index contributed by atoms with van der Waals surface area (Å²) in [5.74, 6) is -0.805. The van der Waals surface area contributed by atoms with Crippen molar-refractivity contribution in [2.45, 2.75) is 13.0 Å². The van der Waals surface area contributed by atoms with Crippen LogP contribution >= 0.6 is 0 Å². The first-order valence-electron chi connectivity index (χ1n) is 11.3. The summed E-state index contributed by atoms with van der Waals surface area (Å²) in [4.78, 5) is 30.3. The number of aromatic nitrogens is 1. The quantitative estimate of drug-likeness (QED) is 0.475. The number of carbonyl (C=O) groups excluding carboxylic acids is 1. The third-order valence-electron chi connectivity index (χ3n) is 6.39. The molecule has 8 nitrogen and oxygen atoms in total. The van der Waals surface area contributed by atoms with Gasteiger partial charge in [0.05, 0.1) is 23.2 Å². The number of nitrogens with one attached hydrogen (secondary N) is 1. The molecule has 2 aromatic carbocycles. The maximum absolute atomic E-state index is 15.4. The smallest absolute Gasteiger partial charge is 0.276 e. The Morgan fingerprint density at radius 3 is 2.68 bits per heavy atom. The van der Waals surface area contributed by atoms with Crippen molar-refractivity contribution in [3.8, 4) is 5.75 Å². The molecule has 3 heterocycles. The number of hydrazone groups is 1. The molecule has 176 valence electrons. The predicted octanol–water partition coefficient (Wildman–Crippen LogP) is 2.61. The summed E-state index contributed by atoms with van der Waals surface area (Å²) in [7, 11) is 2.03. The Bertz CT molecular complexity index is 1330. The minimum absolute atomic E-state index is 0.0934. The first-order chi connectivity index (χ1) is 16.4. The minimum Gasteiger partial charge on any atom is -0.487 e. The van der Waals surface area contributed by atoms with Crippen LogP contribution < -0.4 is 20.5 Å². The van der Waals surface area contributed by atoms with Gasteiger partial charge in [-0.1, -0.05) is 30.3 Å². The fourth-order valence-electron chi connectivity index (χ4n) is 4.46. The Kier molecular flexibility index (Phi) is 5.79. The van der Waals surface area contributed by atoms with Crippen molar-refractivity contribution >= 4 is 28.7 Å². The third-order valence-corrected chi connectivity index (χ3v) is 6.39. The van der Waals surface area contributed by atoms with Crippen LogP contribution in [0, 0.1) is 5.82 Å². The lowest BCUT2D eigenvalue weighted by molar-refractivity contribution is 0.0953. The largest absolute Gasteiger partial charge is 0.487 e. The van der Waals surface area contributed by atoms with E-state index in [1.165, 1.54) is 18.5 Å². The van der Waals surface area contributed by atoms with Gasteiger partial charge in [-0.3, -0.25) is 9.59 Å². The number of ether oxygens (including phenoxy) is 1. The molecule has 1 aromatic heterocycles. The molecule has 3 aromatic rings. The molecule has 0 saturated carbocycles. The molecule has 1 unspecified atom stereocenters. The number of pyridine rings is 1. The molecule has 0 bridgehead atoms. The summed E-state index contributed by atoms with van der Waals surface area (Å²) in [5, 5.41) is 4.08. The molecule has 1 N–H and O–H groups in total. The molecule has 1 amide bonds. The summed E-state index contributed by atoms with van der Waals surface area (Å²) >= 11 is 0. The maximum Gasteiger partial charge on any atom is 0.276 e. The standard InChI is InChI=1S/C25H26FN5O3/c1-16-15-34-24-21-18(12-20(26)22(24)30-10-8-29(2)9-11-30)23(32)19(14-31(16)21)25(33)28-27-13-17-6-4-3-5-7-17/h3-7,12-14,16H,8-11,15H2,1-2H3,(H,28,33)/b27-13+. The lowest BCUT2D eigenvalue weighted by atomic mass is 10.0. The molecule has 1 fully saturated rings. The second-order valence-corrected chi connectivity index (χ2v) is 8.77. The van der Waals surface area contributed by atoms with Crippen LogP contribution in [0.3, 0.4) is 0 Å². The van der Waals surface area contributed by atoms with Crippen molar-refractivity contribution in [3.63, 3.8) is 0 Å². The summed E-state index contributed by atoms with van der Waals surface area (Å²) in [5.41, 5.74) is 3.47. The van der Waals surface area contributed by atoms with Gasteiger partial charge in [0.15, 0.2) is 11.6 Å². The zero-order valence-electron chi connectivity index (χ0n) is 19.1. The van der Waals surface area contributed by atoms with Crippen LogP contribution in [0.1, 0.15) is 28.9 Å². The molecule has 2 aliphatic heterocycles. The summed E-state index contributed by atoms with van der Waals surface area (Å²) in [6.07, 6.45) is 3.03. The first-order valence-corrected chi connectivity index (χ1v) is 11.3. The molecule has 0 aliphatic carbocycles. The maximum atomic E-state index is 15.4. The van der Waals surface area contributed by atoms with Crippen molar-refractivity contribution in [3.05, 3.63) is 69.8 Å². The van der Waals surface area contributed by atoms with Gasteiger partial charge in [0, 0.05) is 32.4 Å². The fourth-order valence-corrected chi connectivity index (χ4v) is 4.46. The second kappa shape index (κ2) is 8.90. The van der Waals surface area contributed by atoms with E-state index in [2.05, 4.69) is 15.4 Å². The number of rotatable bonds is 4. The lowest BCUT2D eigenvalue weighted by Crippen LogP contribution is -2.45. The minimum atomic E-state index is -0.647. The van der Waals surface area contributed by atoms with Gasteiger partial charge in [-0.25, -0.2) is 9.82 Å². The topological polar surface area (TPSA) is 79.2 Å². The molecule has 0 spiro atoms. The van der Waals surface area contributed by atoms with Crippen LogP contribution in [0.15, 0.2) is 52.5 Å².